The number of methoxy groups -OCH3 is 1. The summed E-state index contributed by atoms with van der Waals surface area (Å²) in [4.78, 5) is 15.2. The molecule has 5 heteroatoms. The van der Waals surface area contributed by atoms with Crippen molar-refractivity contribution in [3.05, 3.63) is 29.8 Å². The minimum Gasteiger partial charge on any atom is -0.496 e. The summed E-state index contributed by atoms with van der Waals surface area (Å²) in [5.41, 5.74) is 5.73. The van der Waals surface area contributed by atoms with E-state index in [1.165, 1.54) is 7.11 Å². The van der Waals surface area contributed by atoms with Gasteiger partial charge in [0.05, 0.1) is 12.7 Å². The molecule has 2 N–H and O–H groups in total. The van der Waals surface area contributed by atoms with Crippen molar-refractivity contribution in [3.63, 3.8) is 0 Å². The molecule has 0 aliphatic rings. The van der Waals surface area contributed by atoms with Crippen LogP contribution in [0.2, 0.25) is 0 Å². The molecule has 0 atom stereocenters. The van der Waals surface area contributed by atoms with Gasteiger partial charge in [-0.2, -0.15) is 4.99 Å². The number of benzene rings is 1. The highest BCUT2D eigenvalue weighted by molar-refractivity contribution is 6.04. The van der Waals surface area contributed by atoms with E-state index in [-0.39, 0.29) is 5.84 Å². The second-order valence-corrected chi connectivity index (χ2v) is 4.68. The van der Waals surface area contributed by atoms with Gasteiger partial charge < -0.3 is 15.2 Å². The molecule has 1 rings (SSSR count). The molecule has 1 aromatic rings. The lowest BCUT2D eigenvalue weighted by Gasteiger charge is -2.17. The Morgan fingerprint density at radius 1 is 1.28 bits per heavy atom. The number of carbonyl (C=O) groups excluding carboxylic acids is 1. The van der Waals surface area contributed by atoms with Gasteiger partial charge >= 0.3 is 6.09 Å². The van der Waals surface area contributed by atoms with Crippen LogP contribution in [-0.4, -0.2) is 24.6 Å². The zero-order valence-electron chi connectivity index (χ0n) is 11.1. The number of nitrogens with two attached hydrogens (primary N) is 1. The Balaban J connectivity index is 2.92. The van der Waals surface area contributed by atoms with Crippen LogP contribution < -0.4 is 10.5 Å². The third-order valence-electron chi connectivity index (χ3n) is 1.99. The molecule has 0 saturated carbocycles. The normalized spacial score (nSPS) is 12.1. The van der Waals surface area contributed by atoms with Crippen molar-refractivity contribution in [1.29, 1.82) is 0 Å². The monoisotopic (exact) mass is 250 g/mol. The fourth-order valence-corrected chi connectivity index (χ4v) is 1.30. The average Bonchev–Trinajstić information content (AvgIpc) is 2.26. The van der Waals surface area contributed by atoms with E-state index in [0.717, 1.165) is 0 Å². The summed E-state index contributed by atoms with van der Waals surface area (Å²) in [7, 11) is 1.53. The fraction of sp³-hybridized carbons (Fsp3) is 0.385. The molecule has 0 aromatic heterocycles. The minimum atomic E-state index is -0.717. The predicted molar refractivity (Wildman–Crippen MR) is 70.0 cm³/mol. The predicted octanol–water partition coefficient (Wildman–Crippen LogP) is 2.34. The number of nitrogens with zero attached hydrogens (tertiary/aromatic N) is 1. The first-order valence-electron chi connectivity index (χ1n) is 5.54. The second kappa shape index (κ2) is 5.53. The lowest BCUT2D eigenvalue weighted by Crippen LogP contribution is -2.24. The molecular formula is C13H18N2O3. The zero-order chi connectivity index (χ0) is 13.8. The quantitative estimate of drug-likeness (QED) is 0.645. The lowest BCUT2D eigenvalue weighted by atomic mass is 10.2. The SMILES string of the molecule is COc1ccccc1/C(N)=N/C(=O)OC(C)(C)C. The summed E-state index contributed by atoms with van der Waals surface area (Å²) in [5, 5.41) is 0. The Hall–Kier alpha value is -2.04. The second-order valence-electron chi connectivity index (χ2n) is 4.68. The molecule has 1 amide bonds. The van der Waals surface area contributed by atoms with E-state index in [4.69, 9.17) is 15.2 Å². The average molecular weight is 250 g/mol. The lowest BCUT2D eigenvalue weighted by molar-refractivity contribution is 0.0604. The Labute approximate surface area is 107 Å². The van der Waals surface area contributed by atoms with Crippen LogP contribution in [0.15, 0.2) is 29.3 Å². The van der Waals surface area contributed by atoms with Crippen LogP contribution in [0.5, 0.6) is 5.75 Å². The van der Waals surface area contributed by atoms with E-state index >= 15 is 0 Å². The first kappa shape index (κ1) is 14.0. The molecule has 0 spiro atoms. The fourth-order valence-electron chi connectivity index (χ4n) is 1.30. The van der Waals surface area contributed by atoms with Crippen molar-refractivity contribution in [2.24, 2.45) is 10.7 Å². The van der Waals surface area contributed by atoms with Crippen molar-refractivity contribution in [2.45, 2.75) is 26.4 Å². The van der Waals surface area contributed by atoms with Gasteiger partial charge in [-0.3, -0.25) is 0 Å². The maximum absolute atomic E-state index is 11.5. The van der Waals surface area contributed by atoms with Gasteiger partial charge in [0.2, 0.25) is 0 Å². The summed E-state index contributed by atoms with van der Waals surface area (Å²) >= 11 is 0. The smallest absolute Gasteiger partial charge is 0.436 e. The molecule has 1 aromatic carbocycles. The van der Waals surface area contributed by atoms with Gasteiger partial charge in [-0.25, -0.2) is 4.79 Å². The largest absolute Gasteiger partial charge is 0.496 e. The van der Waals surface area contributed by atoms with E-state index in [1.807, 2.05) is 6.07 Å². The summed E-state index contributed by atoms with van der Waals surface area (Å²) in [6.45, 7) is 5.29. The Morgan fingerprint density at radius 3 is 2.44 bits per heavy atom. The minimum absolute atomic E-state index is 0.0710. The summed E-state index contributed by atoms with van der Waals surface area (Å²) in [6.07, 6.45) is -0.717. The van der Waals surface area contributed by atoms with Crippen LogP contribution in [0.3, 0.4) is 0 Å². The summed E-state index contributed by atoms with van der Waals surface area (Å²) < 4.78 is 10.2. The number of hydrogen-bond donors (Lipinski definition) is 1. The van der Waals surface area contributed by atoms with Crippen LogP contribution in [0.1, 0.15) is 26.3 Å². The Kier molecular flexibility index (Phi) is 4.31. The summed E-state index contributed by atoms with van der Waals surface area (Å²) in [5.74, 6) is 0.629. The number of rotatable bonds is 2. The highest BCUT2D eigenvalue weighted by atomic mass is 16.6. The number of aliphatic imine (C=N–C) groups is 1. The molecular weight excluding hydrogens is 232 g/mol. The highest BCUT2D eigenvalue weighted by Gasteiger charge is 2.16. The van der Waals surface area contributed by atoms with Crippen LogP contribution in [0, 0.1) is 0 Å². The van der Waals surface area contributed by atoms with Gasteiger partial charge in [-0.15, -0.1) is 0 Å². The molecule has 0 bridgehead atoms. The van der Waals surface area contributed by atoms with Crippen molar-refractivity contribution in [2.75, 3.05) is 7.11 Å². The molecule has 5 nitrogen and oxygen atoms in total. The Morgan fingerprint density at radius 2 is 1.89 bits per heavy atom. The number of para-hydroxylation sites is 1. The molecule has 0 aliphatic carbocycles. The van der Waals surface area contributed by atoms with Crippen molar-refractivity contribution < 1.29 is 14.3 Å². The van der Waals surface area contributed by atoms with Gasteiger partial charge in [-0.05, 0) is 32.9 Å². The first-order chi connectivity index (χ1) is 8.33. The number of hydrogen-bond acceptors (Lipinski definition) is 3. The van der Waals surface area contributed by atoms with Gasteiger partial charge in [0.1, 0.15) is 17.2 Å². The van der Waals surface area contributed by atoms with Gasteiger partial charge in [0.25, 0.3) is 0 Å². The van der Waals surface area contributed by atoms with Crippen LogP contribution in [0.4, 0.5) is 4.79 Å². The first-order valence-corrected chi connectivity index (χ1v) is 5.54. The molecule has 0 saturated heterocycles. The molecule has 0 unspecified atom stereocenters. The maximum atomic E-state index is 11.5. The van der Waals surface area contributed by atoms with Crippen LogP contribution in [-0.2, 0) is 4.74 Å². The number of amides is 1. The van der Waals surface area contributed by atoms with Crippen molar-refractivity contribution in [3.8, 4) is 5.75 Å². The van der Waals surface area contributed by atoms with E-state index in [0.29, 0.717) is 11.3 Å². The third-order valence-corrected chi connectivity index (χ3v) is 1.99. The van der Waals surface area contributed by atoms with Crippen molar-refractivity contribution >= 4 is 11.9 Å². The van der Waals surface area contributed by atoms with E-state index in [2.05, 4.69) is 4.99 Å². The van der Waals surface area contributed by atoms with Gasteiger partial charge in [-0.1, -0.05) is 12.1 Å². The van der Waals surface area contributed by atoms with E-state index in [9.17, 15) is 4.79 Å². The standard InChI is InChI=1S/C13H18N2O3/c1-13(2,3)18-12(16)15-11(14)9-7-5-6-8-10(9)17-4/h5-8H,1-4H3,(H2,14,15,16). The molecule has 0 fully saturated rings. The number of ether oxygens (including phenoxy) is 2. The molecule has 18 heavy (non-hydrogen) atoms. The Bertz CT molecular complexity index is 462. The van der Waals surface area contributed by atoms with Crippen LogP contribution >= 0.6 is 0 Å². The third kappa shape index (κ3) is 4.08. The van der Waals surface area contributed by atoms with Crippen LogP contribution in [0.25, 0.3) is 0 Å². The summed E-state index contributed by atoms with van der Waals surface area (Å²) in [6, 6.07) is 7.06. The maximum Gasteiger partial charge on any atom is 0.436 e. The topological polar surface area (TPSA) is 73.9 Å². The van der Waals surface area contributed by atoms with Crippen molar-refractivity contribution in [1.82, 2.24) is 0 Å². The number of carbonyl (C=O) groups is 1. The number of amidine groups is 1. The molecule has 0 aliphatic heterocycles. The molecule has 98 valence electrons. The molecule has 0 radical (unpaired) electrons. The van der Waals surface area contributed by atoms with E-state index in [1.54, 1.807) is 39.0 Å². The zero-order valence-corrected chi connectivity index (χ0v) is 11.1. The van der Waals surface area contributed by atoms with E-state index < -0.39 is 11.7 Å². The van der Waals surface area contributed by atoms with Gasteiger partial charge in [0, 0.05) is 0 Å². The van der Waals surface area contributed by atoms with Gasteiger partial charge in [0.15, 0.2) is 0 Å². The molecule has 0 heterocycles. The highest BCUT2D eigenvalue weighted by Crippen LogP contribution is 2.17.